The van der Waals surface area contributed by atoms with Crippen molar-refractivity contribution in [1.82, 2.24) is 0 Å². The minimum Gasteiger partial charge on any atom is -0.450 e. The van der Waals surface area contributed by atoms with Gasteiger partial charge in [0.1, 0.15) is 0 Å². The van der Waals surface area contributed by atoms with Gasteiger partial charge in [-0.3, -0.25) is 0 Å². The summed E-state index contributed by atoms with van der Waals surface area (Å²) in [5.41, 5.74) is 9.08. The SMILES string of the molecule is CCOC(N)=O.CCOC(N)=O.FC(F)=C(F)C(F)(F)F. The number of carbonyl (C=O) groups excluding carboxylic acids is 2. The average Bonchev–Trinajstić information content (AvgIpc) is 2.27. The predicted molar refractivity (Wildman–Crippen MR) is 58.8 cm³/mol. The van der Waals surface area contributed by atoms with E-state index in [4.69, 9.17) is 0 Å². The number of halogens is 6. The number of alkyl halides is 3. The molecule has 0 aromatic carbocycles. The molecule has 21 heavy (non-hydrogen) atoms. The van der Waals surface area contributed by atoms with Gasteiger partial charge in [-0.15, -0.1) is 0 Å². The lowest BCUT2D eigenvalue weighted by molar-refractivity contribution is -0.113. The first-order chi connectivity index (χ1) is 9.39. The summed E-state index contributed by atoms with van der Waals surface area (Å²) < 4.78 is 73.2. The number of rotatable bonds is 2. The van der Waals surface area contributed by atoms with Crippen LogP contribution in [0.15, 0.2) is 11.9 Å². The molecule has 0 bridgehead atoms. The van der Waals surface area contributed by atoms with E-state index in [1.54, 1.807) is 13.8 Å². The summed E-state index contributed by atoms with van der Waals surface area (Å²) >= 11 is 0. The van der Waals surface area contributed by atoms with Crippen molar-refractivity contribution in [2.45, 2.75) is 20.0 Å². The molecule has 0 atom stereocenters. The van der Waals surface area contributed by atoms with Crippen LogP contribution in [0, 0.1) is 0 Å². The number of hydrogen-bond donors (Lipinski definition) is 2. The number of carbonyl (C=O) groups is 2. The van der Waals surface area contributed by atoms with Gasteiger partial charge < -0.3 is 20.9 Å². The van der Waals surface area contributed by atoms with Gasteiger partial charge in [0.25, 0.3) is 5.83 Å². The summed E-state index contributed by atoms with van der Waals surface area (Å²) in [4.78, 5) is 19.2. The Hall–Kier alpha value is -2.14. The topological polar surface area (TPSA) is 105 Å². The molecule has 0 radical (unpaired) electrons. The smallest absolute Gasteiger partial charge is 0.448 e. The zero-order valence-electron chi connectivity index (χ0n) is 11.0. The van der Waals surface area contributed by atoms with Gasteiger partial charge in [0.2, 0.25) is 0 Å². The van der Waals surface area contributed by atoms with Crippen LogP contribution in [0.3, 0.4) is 0 Å². The summed E-state index contributed by atoms with van der Waals surface area (Å²) in [6, 6.07) is 0. The van der Waals surface area contributed by atoms with Crippen LogP contribution in [-0.4, -0.2) is 31.6 Å². The van der Waals surface area contributed by atoms with Crippen LogP contribution in [0.5, 0.6) is 0 Å². The Balaban J connectivity index is -0.000000240. The number of hydrogen-bond acceptors (Lipinski definition) is 4. The predicted octanol–water partition coefficient (Wildman–Crippen LogP) is 2.83. The second-order valence-electron chi connectivity index (χ2n) is 2.58. The van der Waals surface area contributed by atoms with Crippen molar-refractivity contribution in [1.29, 1.82) is 0 Å². The van der Waals surface area contributed by atoms with Gasteiger partial charge in [-0.05, 0) is 13.8 Å². The molecule has 0 aliphatic heterocycles. The Labute approximate surface area is 115 Å². The lowest BCUT2D eigenvalue weighted by atomic mass is 10.6. The minimum atomic E-state index is -5.56. The van der Waals surface area contributed by atoms with Crippen molar-refractivity contribution in [3.8, 4) is 0 Å². The molecule has 0 rings (SSSR count). The molecule has 0 aromatic heterocycles. The monoisotopic (exact) mass is 328 g/mol. The summed E-state index contributed by atoms with van der Waals surface area (Å²) in [7, 11) is 0. The number of ether oxygens (including phenoxy) is 2. The highest BCUT2D eigenvalue weighted by Gasteiger charge is 2.38. The van der Waals surface area contributed by atoms with E-state index in [0.29, 0.717) is 13.2 Å². The highest BCUT2D eigenvalue weighted by Crippen LogP contribution is 2.29. The van der Waals surface area contributed by atoms with E-state index in [9.17, 15) is 35.9 Å². The molecular formula is C9H14F6N2O4. The molecule has 0 aliphatic rings. The maximum Gasteiger partial charge on any atom is 0.448 e. The third-order valence-corrected chi connectivity index (χ3v) is 0.988. The molecule has 126 valence electrons. The Bertz CT molecular complexity index is 326. The summed E-state index contributed by atoms with van der Waals surface area (Å²) in [6.45, 7) is 4.11. The molecule has 0 fully saturated rings. The van der Waals surface area contributed by atoms with Crippen LogP contribution in [0.1, 0.15) is 13.8 Å². The Kier molecular flexibility index (Phi) is 14.7. The van der Waals surface area contributed by atoms with Crippen molar-refractivity contribution in [3.05, 3.63) is 11.9 Å². The van der Waals surface area contributed by atoms with Crippen LogP contribution in [0.2, 0.25) is 0 Å². The quantitative estimate of drug-likeness (QED) is 0.760. The molecule has 0 aliphatic carbocycles. The molecule has 0 saturated carbocycles. The van der Waals surface area contributed by atoms with E-state index < -0.39 is 30.3 Å². The lowest BCUT2D eigenvalue weighted by Crippen LogP contribution is -2.11. The summed E-state index contributed by atoms with van der Waals surface area (Å²) in [5.74, 6) is -3.33. The van der Waals surface area contributed by atoms with Crippen molar-refractivity contribution in [2.75, 3.05) is 13.2 Å². The van der Waals surface area contributed by atoms with Crippen LogP contribution in [-0.2, 0) is 9.47 Å². The van der Waals surface area contributed by atoms with Gasteiger partial charge in [0.05, 0.1) is 13.2 Å². The number of nitrogens with two attached hydrogens (primary N) is 2. The highest BCUT2D eigenvalue weighted by molar-refractivity contribution is 5.64. The number of amides is 2. The average molecular weight is 328 g/mol. The highest BCUT2D eigenvalue weighted by atomic mass is 19.4. The van der Waals surface area contributed by atoms with Gasteiger partial charge in [0, 0.05) is 0 Å². The van der Waals surface area contributed by atoms with Gasteiger partial charge >= 0.3 is 24.4 Å². The molecule has 0 heterocycles. The second kappa shape index (κ2) is 12.9. The van der Waals surface area contributed by atoms with Crippen molar-refractivity contribution in [2.24, 2.45) is 11.5 Å². The summed E-state index contributed by atoms with van der Waals surface area (Å²) in [6.07, 6.45) is -10.3. The molecule has 4 N–H and O–H groups in total. The van der Waals surface area contributed by atoms with Crippen LogP contribution >= 0.6 is 0 Å². The third kappa shape index (κ3) is 23.4. The molecule has 2 amide bonds. The Morgan fingerprint density at radius 3 is 1.19 bits per heavy atom. The molecule has 0 spiro atoms. The van der Waals surface area contributed by atoms with Gasteiger partial charge in [0.15, 0.2) is 0 Å². The zero-order valence-corrected chi connectivity index (χ0v) is 11.0. The molecule has 0 unspecified atom stereocenters. The minimum absolute atomic E-state index is 0.356. The van der Waals surface area contributed by atoms with E-state index in [-0.39, 0.29) is 0 Å². The van der Waals surface area contributed by atoms with Crippen molar-refractivity contribution < 1.29 is 45.4 Å². The van der Waals surface area contributed by atoms with E-state index in [0.717, 1.165) is 0 Å². The first-order valence-electron chi connectivity index (χ1n) is 5.02. The third-order valence-electron chi connectivity index (χ3n) is 0.988. The van der Waals surface area contributed by atoms with Gasteiger partial charge in [-0.2, -0.15) is 26.3 Å². The zero-order chi connectivity index (χ0) is 17.6. The molecule has 0 saturated heterocycles. The number of primary amides is 2. The molecular weight excluding hydrogens is 314 g/mol. The maximum atomic E-state index is 11.0. The molecule has 12 heteroatoms. The normalized spacial score (nSPS) is 9.14. The lowest BCUT2D eigenvalue weighted by Gasteiger charge is -1.98. The maximum absolute atomic E-state index is 11.0. The standard InChI is InChI=1S/C3F6.2C3H7NO2/c4-1(2(5)6)3(7,8)9;2*1-2-6-3(4)5/h;2*2H2,1H3,(H2,4,5). The summed E-state index contributed by atoms with van der Waals surface area (Å²) in [5, 5.41) is 0. The van der Waals surface area contributed by atoms with E-state index in [2.05, 4.69) is 20.9 Å². The molecule has 0 aromatic rings. The van der Waals surface area contributed by atoms with Crippen LogP contribution < -0.4 is 11.5 Å². The van der Waals surface area contributed by atoms with E-state index in [1.165, 1.54) is 0 Å². The van der Waals surface area contributed by atoms with E-state index in [1.807, 2.05) is 0 Å². The second-order valence-corrected chi connectivity index (χ2v) is 2.58. The van der Waals surface area contributed by atoms with Crippen molar-refractivity contribution >= 4 is 12.2 Å². The van der Waals surface area contributed by atoms with Crippen LogP contribution in [0.4, 0.5) is 35.9 Å². The van der Waals surface area contributed by atoms with E-state index >= 15 is 0 Å². The first-order valence-corrected chi connectivity index (χ1v) is 5.02. The Morgan fingerprint density at radius 1 is 0.905 bits per heavy atom. The first kappa shape index (κ1) is 23.9. The van der Waals surface area contributed by atoms with Crippen molar-refractivity contribution in [3.63, 3.8) is 0 Å². The van der Waals surface area contributed by atoms with Gasteiger partial charge in [-0.25, -0.2) is 9.59 Å². The van der Waals surface area contributed by atoms with Crippen LogP contribution in [0.25, 0.3) is 0 Å². The largest absolute Gasteiger partial charge is 0.450 e. The fourth-order valence-corrected chi connectivity index (χ4v) is 0.392. The van der Waals surface area contributed by atoms with Gasteiger partial charge in [-0.1, -0.05) is 0 Å². The Morgan fingerprint density at radius 2 is 1.19 bits per heavy atom. The number of allylic oxidation sites excluding steroid dienone is 1. The fraction of sp³-hybridized carbons (Fsp3) is 0.556. The molecule has 6 nitrogen and oxygen atoms in total. The fourth-order valence-electron chi connectivity index (χ4n) is 0.392.